The molecule has 0 aromatic heterocycles. The Morgan fingerprint density at radius 3 is 2.19 bits per heavy atom. The number of nitrogens with zero attached hydrogens (tertiary/aromatic N) is 2. The molecule has 4 heteroatoms. The highest BCUT2D eigenvalue weighted by Gasteiger charge is 2.33. The highest BCUT2D eigenvalue weighted by molar-refractivity contribution is 9.10. The Labute approximate surface area is 137 Å². The number of hydrogen-bond donors (Lipinski definition) is 1. The van der Waals surface area contributed by atoms with Gasteiger partial charge in [-0.25, -0.2) is 0 Å². The molecule has 1 aliphatic rings. The van der Waals surface area contributed by atoms with Crippen LogP contribution in [0.3, 0.4) is 0 Å². The van der Waals surface area contributed by atoms with Crippen molar-refractivity contribution in [3.05, 3.63) is 34.3 Å². The second-order valence-electron chi connectivity index (χ2n) is 6.62. The largest absolute Gasteiger partial charge is 0.329 e. The minimum Gasteiger partial charge on any atom is -0.329 e. The molecule has 0 bridgehead atoms. The van der Waals surface area contributed by atoms with Crippen molar-refractivity contribution in [2.45, 2.75) is 38.8 Å². The molecule has 0 spiro atoms. The van der Waals surface area contributed by atoms with E-state index in [9.17, 15) is 0 Å². The van der Waals surface area contributed by atoms with Crippen molar-refractivity contribution in [2.24, 2.45) is 5.73 Å². The van der Waals surface area contributed by atoms with Gasteiger partial charge in [0.05, 0.1) is 0 Å². The van der Waals surface area contributed by atoms with Gasteiger partial charge in [0.25, 0.3) is 0 Å². The highest BCUT2D eigenvalue weighted by Crippen LogP contribution is 2.23. The third kappa shape index (κ3) is 4.28. The fraction of sp³-hybridized carbons (Fsp3) is 0.647. The summed E-state index contributed by atoms with van der Waals surface area (Å²) in [6.07, 6.45) is 1.01. The predicted octanol–water partition coefficient (Wildman–Crippen LogP) is 2.74. The summed E-state index contributed by atoms with van der Waals surface area (Å²) in [5.41, 5.74) is 7.56. The summed E-state index contributed by atoms with van der Waals surface area (Å²) >= 11 is 3.50. The van der Waals surface area contributed by atoms with Gasteiger partial charge in [-0.1, -0.05) is 28.1 Å². The molecule has 0 aliphatic carbocycles. The fourth-order valence-corrected chi connectivity index (χ4v) is 3.40. The Kier molecular flexibility index (Phi) is 5.83. The summed E-state index contributed by atoms with van der Waals surface area (Å²) in [4.78, 5) is 5.13. The lowest BCUT2D eigenvalue weighted by molar-refractivity contribution is 0.0352. The summed E-state index contributed by atoms with van der Waals surface area (Å²) in [6, 6.07) is 9.26. The quantitative estimate of drug-likeness (QED) is 0.883. The Morgan fingerprint density at radius 1 is 1.14 bits per heavy atom. The van der Waals surface area contributed by atoms with E-state index in [4.69, 9.17) is 5.73 Å². The number of nitrogens with two attached hydrogens (primary N) is 1. The van der Waals surface area contributed by atoms with Crippen molar-refractivity contribution < 1.29 is 0 Å². The molecule has 1 aromatic carbocycles. The minimum absolute atomic E-state index is 0.0525. The van der Waals surface area contributed by atoms with E-state index < -0.39 is 0 Å². The van der Waals surface area contributed by atoms with Crippen LogP contribution in [0.15, 0.2) is 28.7 Å². The van der Waals surface area contributed by atoms with E-state index in [2.05, 4.69) is 70.8 Å². The monoisotopic (exact) mass is 353 g/mol. The predicted molar refractivity (Wildman–Crippen MR) is 93.6 cm³/mol. The smallest absolute Gasteiger partial charge is 0.0344 e. The van der Waals surface area contributed by atoms with Crippen LogP contribution in [0, 0.1) is 0 Å². The van der Waals surface area contributed by atoms with Gasteiger partial charge in [-0.15, -0.1) is 0 Å². The van der Waals surface area contributed by atoms with Crippen LogP contribution in [-0.2, 0) is 6.42 Å². The highest BCUT2D eigenvalue weighted by atomic mass is 79.9. The first-order valence-corrected chi connectivity index (χ1v) is 8.67. The lowest BCUT2D eigenvalue weighted by atomic mass is 9.90. The first-order chi connectivity index (χ1) is 9.94. The molecule has 0 saturated carbocycles. The van der Waals surface area contributed by atoms with E-state index in [-0.39, 0.29) is 5.54 Å². The molecule has 1 saturated heterocycles. The van der Waals surface area contributed by atoms with Gasteiger partial charge in [-0.2, -0.15) is 0 Å². The van der Waals surface area contributed by atoms with Crippen LogP contribution in [-0.4, -0.2) is 54.1 Å². The molecule has 2 rings (SSSR count). The van der Waals surface area contributed by atoms with Crippen LogP contribution >= 0.6 is 15.9 Å². The first-order valence-electron chi connectivity index (χ1n) is 7.88. The van der Waals surface area contributed by atoms with Crippen molar-refractivity contribution in [3.8, 4) is 0 Å². The lowest BCUT2D eigenvalue weighted by Crippen LogP contribution is -2.60. The van der Waals surface area contributed by atoms with Gasteiger partial charge in [0.2, 0.25) is 0 Å². The number of hydrogen-bond acceptors (Lipinski definition) is 3. The van der Waals surface area contributed by atoms with Crippen LogP contribution in [0.25, 0.3) is 0 Å². The van der Waals surface area contributed by atoms with Crippen molar-refractivity contribution >= 4 is 15.9 Å². The van der Waals surface area contributed by atoms with Crippen molar-refractivity contribution in [1.29, 1.82) is 0 Å². The number of halogens is 1. The molecule has 21 heavy (non-hydrogen) atoms. The molecule has 1 aromatic rings. The Bertz CT molecular complexity index is 438. The van der Waals surface area contributed by atoms with Gasteiger partial charge >= 0.3 is 0 Å². The Balaban J connectivity index is 2.02. The fourth-order valence-electron chi connectivity index (χ4n) is 3.13. The minimum atomic E-state index is 0.0525. The summed E-state index contributed by atoms with van der Waals surface area (Å²) < 4.78 is 1.13. The van der Waals surface area contributed by atoms with Crippen LogP contribution in [0.1, 0.15) is 26.3 Å². The number of benzene rings is 1. The van der Waals surface area contributed by atoms with Crippen molar-refractivity contribution in [2.75, 3.05) is 32.7 Å². The van der Waals surface area contributed by atoms with Crippen LogP contribution in [0.4, 0.5) is 0 Å². The van der Waals surface area contributed by atoms with Crippen LogP contribution < -0.4 is 5.73 Å². The second-order valence-corrected chi connectivity index (χ2v) is 7.54. The Morgan fingerprint density at radius 2 is 1.71 bits per heavy atom. The molecule has 0 radical (unpaired) electrons. The third-order valence-corrected chi connectivity index (χ3v) is 5.27. The zero-order valence-corrected chi connectivity index (χ0v) is 15.1. The summed E-state index contributed by atoms with van der Waals surface area (Å²) in [6.45, 7) is 12.1. The van der Waals surface area contributed by atoms with Crippen LogP contribution in [0.5, 0.6) is 0 Å². The Hall–Kier alpha value is -0.420. The van der Waals surface area contributed by atoms with Gasteiger partial charge in [-0.05, 0) is 44.9 Å². The van der Waals surface area contributed by atoms with Gasteiger partial charge in [0, 0.05) is 48.8 Å². The summed E-state index contributed by atoms with van der Waals surface area (Å²) in [5, 5.41) is 0. The van der Waals surface area contributed by atoms with E-state index >= 15 is 0 Å². The van der Waals surface area contributed by atoms with Gasteiger partial charge < -0.3 is 5.73 Å². The van der Waals surface area contributed by atoms with E-state index in [0.717, 1.165) is 37.1 Å². The molecule has 1 unspecified atom stereocenters. The average molecular weight is 354 g/mol. The van der Waals surface area contributed by atoms with E-state index in [1.807, 2.05) is 0 Å². The van der Waals surface area contributed by atoms with Gasteiger partial charge in [0.1, 0.15) is 0 Å². The summed E-state index contributed by atoms with van der Waals surface area (Å²) in [7, 11) is 0. The second kappa shape index (κ2) is 7.23. The zero-order chi connectivity index (χ0) is 15.5. The van der Waals surface area contributed by atoms with Crippen molar-refractivity contribution in [3.63, 3.8) is 0 Å². The molecule has 3 nitrogen and oxygen atoms in total. The SMILES string of the molecule is CC(C)N1CCN(C(C)(CN)Cc2ccc(Br)cc2)CC1. The lowest BCUT2D eigenvalue weighted by Gasteiger charge is -2.46. The molecule has 118 valence electrons. The van der Waals surface area contributed by atoms with Gasteiger partial charge in [-0.3, -0.25) is 9.80 Å². The van der Waals surface area contributed by atoms with Gasteiger partial charge in [0.15, 0.2) is 0 Å². The summed E-state index contributed by atoms with van der Waals surface area (Å²) in [5.74, 6) is 0. The van der Waals surface area contributed by atoms with E-state index in [1.54, 1.807) is 0 Å². The molecule has 2 N–H and O–H groups in total. The molecular weight excluding hydrogens is 326 g/mol. The average Bonchev–Trinajstić information content (AvgIpc) is 2.49. The maximum Gasteiger partial charge on any atom is 0.0344 e. The molecule has 0 amide bonds. The topological polar surface area (TPSA) is 32.5 Å². The molecule has 1 aliphatic heterocycles. The standard InChI is InChI=1S/C17H28BrN3/c1-14(2)20-8-10-21(11-9-20)17(3,13-19)12-15-4-6-16(18)7-5-15/h4-7,14H,8-13,19H2,1-3H3. The molecule has 1 heterocycles. The third-order valence-electron chi connectivity index (χ3n) is 4.75. The molecule has 1 fully saturated rings. The maximum absolute atomic E-state index is 6.15. The number of piperazine rings is 1. The number of rotatable bonds is 5. The molecular formula is C17H28BrN3. The van der Waals surface area contributed by atoms with Crippen molar-refractivity contribution in [1.82, 2.24) is 9.80 Å². The molecule has 1 atom stereocenters. The zero-order valence-electron chi connectivity index (χ0n) is 13.5. The van der Waals surface area contributed by atoms with Crippen LogP contribution in [0.2, 0.25) is 0 Å². The van der Waals surface area contributed by atoms with E-state index in [1.165, 1.54) is 5.56 Å². The normalized spacial score (nSPS) is 20.7. The van der Waals surface area contributed by atoms with E-state index in [0.29, 0.717) is 12.6 Å². The first kappa shape index (κ1) is 16.9. The maximum atomic E-state index is 6.15.